The Morgan fingerprint density at radius 2 is 2.26 bits per heavy atom. The fraction of sp³-hybridized carbons (Fsp3) is 0.550. The fourth-order valence-corrected chi connectivity index (χ4v) is 3.89. The highest BCUT2D eigenvalue weighted by atomic mass is 16.5. The topological polar surface area (TPSA) is 77.7 Å². The molecule has 0 N–H and O–H groups in total. The van der Waals surface area contributed by atoms with Gasteiger partial charge in [0.15, 0.2) is 0 Å². The molecule has 0 aliphatic carbocycles. The zero-order valence-electron chi connectivity index (χ0n) is 15.8. The minimum atomic E-state index is -0.290. The Morgan fingerprint density at radius 1 is 1.41 bits per heavy atom. The number of hydrogen-bond donors (Lipinski definition) is 0. The Morgan fingerprint density at radius 3 is 3.04 bits per heavy atom. The molecule has 27 heavy (non-hydrogen) atoms. The van der Waals surface area contributed by atoms with Gasteiger partial charge in [-0.15, -0.1) is 0 Å². The van der Waals surface area contributed by atoms with Crippen LogP contribution in [0.25, 0.3) is 0 Å². The van der Waals surface area contributed by atoms with Gasteiger partial charge < -0.3 is 18.9 Å². The maximum absolute atomic E-state index is 12.6. The lowest BCUT2D eigenvalue weighted by Crippen LogP contribution is -2.67. The van der Waals surface area contributed by atoms with Crippen molar-refractivity contribution in [2.45, 2.75) is 51.4 Å². The molecule has 7 heteroatoms. The predicted octanol–water partition coefficient (Wildman–Crippen LogP) is 2.53. The summed E-state index contributed by atoms with van der Waals surface area (Å²) in [6.45, 7) is 6.26. The first-order valence-electron chi connectivity index (χ1n) is 9.49. The molecule has 2 fully saturated rings. The number of amides is 1. The van der Waals surface area contributed by atoms with E-state index in [1.807, 2.05) is 32.0 Å². The highest BCUT2D eigenvalue weighted by Crippen LogP contribution is 2.36. The molecule has 1 spiro atoms. The summed E-state index contributed by atoms with van der Waals surface area (Å²) in [6, 6.07) is 5.96. The van der Waals surface area contributed by atoms with Crippen LogP contribution in [0.5, 0.6) is 0 Å². The third-order valence-electron chi connectivity index (χ3n) is 5.30. The van der Waals surface area contributed by atoms with Gasteiger partial charge in [-0.1, -0.05) is 18.1 Å². The average molecular weight is 371 g/mol. The van der Waals surface area contributed by atoms with Crippen LogP contribution in [0.4, 0.5) is 0 Å². The van der Waals surface area contributed by atoms with Crippen LogP contribution in [0.3, 0.4) is 0 Å². The van der Waals surface area contributed by atoms with Crippen molar-refractivity contribution in [3.8, 4) is 0 Å². The van der Waals surface area contributed by atoms with E-state index in [1.165, 1.54) is 6.20 Å². The molecule has 1 amide bonds. The Balaban J connectivity index is 1.32. The maximum atomic E-state index is 12.6. The summed E-state index contributed by atoms with van der Waals surface area (Å²) in [5.74, 6) is 0.603. The van der Waals surface area contributed by atoms with E-state index in [1.54, 1.807) is 4.90 Å². The molecule has 144 valence electrons. The Labute approximate surface area is 158 Å². The molecule has 2 aliphatic heterocycles. The highest BCUT2D eigenvalue weighted by Gasteiger charge is 2.50. The van der Waals surface area contributed by atoms with E-state index in [9.17, 15) is 4.79 Å². The van der Waals surface area contributed by atoms with E-state index in [0.717, 1.165) is 24.2 Å². The lowest BCUT2D eigenvalue weighted by molar-refractivity contribution is -0.188. The lowest BCUT2D eigenvalue weighted by atomic mass is 9.84. The van der Waals surface area contributed by atoms with E-state index in [2.05, 4.69) is 10.1 Å². The number of hydrogen-bond acceptors (Lipinski definition) is 6. The molecular weight excluding hydrogens is 346 g/mol. The van der Waals surface area contributed by atoms with E-state index in [0.29, 0.717) is 44.0 Å². The Bertz CT molecular complexity index is 813. The molecule has 7 nitrogen and oxygen atoms in total. The number of likely N-dealkylation sites (tertiary alicyclic amines) is 1. The van der Waals surface area contributed by atoms with Crippen molar-refractivity contribution in [1.29, 1.82) is 0 Å². The largest absolute Gasteiger partial charge is 0.372 e. The number of nitrogens with zero attached hydrogens (tertiary/aromatic N) is 3. The van der Waals surface area contributed by atoms with E-state index in [-0.39, 0.29) is 17.6 Å². The van der Waals surface area contributed by atoms with Crippen molar-refractivity contribution < 1.29 is 18.8 Å². The zero-order valence-corrected chi connectivity index (χ0v) is 15.8. The lowest BCUT2D eigenvalue weighted by Gasteiger charge is -2.52. The zero-order chi connectivity index (χ0) is 18.9. The summed E-state index contributed by atoms with van der Waals surface area (Å²) >= 11 is 0. The summed E-state index contributed by atoms with van der Waals surface area (Å²) in [7, 11) is 0. The molecule has 4 rings (SSSR count). The molecular formula is C20H25N3O4. The molecule has 0 bridgehead atoms. The molecule has 2 aliphatic rings. The van der Waals surface area contributed by atoms with Crippen LogP contribution in [-0.2, 0) is 22.5 Å². The van der Waals surface area contributed by atoms with Gasteiger partial charge >= 0.3 is 0 Å². The van der Waals surface area contributed by atoms with Crippen LogP contribution < -0.4 is 0 Å². The number of ether oxygens (including phenoxy) is 2. The van der Waals surface area contributed by atoms with Crippen molar-refractivity contribution in [3.63, 3.8) is 0 Å². The first-order valence-corrected chi connectivity index (χ1v) is 9.49. The van der Waals surface area contributed by atoms with Gasteiger partial charge in [0.25, 0.3) is 5.91 Å². The van der Waals surface area contributed by atoms with Gasteiger partial charge in [0.1, 0.15) is 16.9 Å². The van der Waals surface area contributed by atoms with Gasteiger partial charge in [0.2, 0.25) is 0 Å². The Kier molecular flexibility index (Phi) is 4.97. The van der Waals surface area contributed by atoms with Crippen molar-refractivity contribution in [2.75, 3.05) is 19.7 Å². The third kappa shape index (κ3) is 3.75. The smallest absolute Gasteiger partial charge is 0.259 e. The van der Waals surface area contributed by atoms with Gasteiger partial charge in [0, 0.05) is 25.1 Å². The molecule has 0 aromatic carbocycles. The minimum Gasteiger partial charge on any atom is -0.372 e. The van der Waals surface area contributed by atoms with Crippen LogP contribution in [0.1, 0.15) is 47.3 Å². The van der Waals surface area contributed by atoms with Crippen LogP contribution in [0.2, 0.25) is 0 Å². The second kappa shape index (κ2) is 7.40. The quantitative estimate of drug-likeness (QED) is 0.804. The maximum Gasteiger partial charge on any atom is 0.259 e. The summed E-state index contributed by atoms with van der Waals surface area (Å²) < 4.78 is 17.3. The number of aryl methyl sites for hydroxylation is 2. The first-order chi connectivity index (χ1) is 13.1. The van der Waals surface area contributed by atoms with Gasteiger partial charge in [-0.05, 0) is 25.5 Å². The molecule has 0 saturated carbocycles. The number of rotatable bonds is 5. The molecule has 2 saturated heterocycles. The molecule has 0 radical (unpaired) electrons. The number of aromatic nitrogens is 2. The normalized spacial score (nSPS) is 21.3. The van der Waals surface area contributed by atoms with Crippen molar-refractivity contribution in [2.24, 2.45) is 0 Å². The highest BCUT2D eigenvalue weighted by molar-refractivity contribution is 5.95. The Hall–Kier alpha value is -2.25. The van der Waals surface area contributed by atoms with Gasteiger partial charge in [-0.3, -0.25) is 9.78 Å². The van der Waals surface area contributed by atoms with Crippen LogP contribution in [0.15, 0.2) is 28.9 Å². The van der Waals surface area contributed by atoms with Crippen LogP contribution >= 0.6 is 0 Å². The number of carbonyl (C=O) groups is 1. The second-order valence-electron chi connectivity index (χ2n) is 7.41. The van der Waals surface area contributed by atoms with Crippen molar-refractivity contribution in [1.82, 2.24) is 15.0 Å². The molecule has 4 heterocycles. The monoisotopic (exact) mass is 371 g/mol. The van der Waals surface area contributed by atoms with Gasteiger partial charge in [-0.25, -0.2) is 0 Å². The average Bonchev–Trinajstić information content (AvgIpc) is 3.13. The first kappa shape index (κ1) is 18.1. The van der Waals surface area contributed by atoms with E-state index in [4.69, 9.17) is 14.0 Å². The van der Waals surface area contributed by atoms with Gasteiger partial charge in [-0.2, -0.15) is 0 Å². The fourth-order valence-electron chi connectivity index (χ4n) is 3.89. The third-order valence-corrected chi connectivity index (χ3v) is 5.30. The molecule has 2 aromatic rings. The minimum absolute atomic E-state index is 0.0330. The van der Waals surface area contributed by atoms with Crippen LogP contribution in [-0.4, -0.2) is 52.3 Å². The number of pyridine rings is 1. The van der Waals surface area contributed by atoms with Crippen molar-refractivity contribution in [3.05, 3.63) is 47.1 Å². The van der Waals surface area contributed by atoms with E-state index < -0.39 is 0 Å². The summed E-state index contributed by atoms with van der Waals surface area (Å²) in [4.78, 5) is 18.9. The van der Waals surface area contributed by atoms with Crippen LogP contribution in [0, 0.1) is 6.92 Å². The summed E-state index contributed by atoms with van der Waals surface area (Å²) in [5, 5.41) is 3.75. The molecule has 2 aromatic heterocycles. The van der Waals surface area contributed by atoms with E-state index >= 15 is 0 Å². The SMILES string of the molecule is CCc1oncc1C(=O)N1CC2(C[C@@H](OCc3cccc(C)n3)CCO2)C1. The standard InChI is InChI=1S/C20H25N3O4/c1-3-18-17(10-21-27-18)19(24)23-12-20(13-23)9-16(7-8-26-20)25-11-15-6-4-5-14(2)22-15/h4-6,10,16H,3,7-9,11-13H2,1-2H3/t16-/m0/s1. The number of carbonyl (C=O) groups excluding carboxylic acids is 1. The molecule has 1 atom stereocenters. The molecule has 0 unspecified atom stereocenters. The summed E-state index contributed by atoms with van der Waals surface area (Å²) in [6.07, 6.45) is 3.95. The predicted molar refractivity (Wildman–Crippen MR) is 97.3 cm³/mol. The second-order valence-corrected chi connectivity index (χ2v) is 7.41. The van der Waals surface area contributed by atoms with Crippen molar-refractivity contribution >= 4 is 5.91 Å². The van der Waals surface area contributed by atoms with Gasteiger partial charge in [0.05, 0.1) is 37.7 Å². The summed E-state index contributed by atoms with van der Waals surface area (Å²) in [5.41, 5.74) is 2.21.